The summed E-state index contributed by atoms with van der Waals surface area (Å²) in [6.07, 6.45) is 1.91. The molecule has 1 fully saturated rings. The van der Waals surface area contributed by atoms with Crippen LogP contribution in [0.3, 0.4) is 0 Å². The maximum absolute atomic E-state index is 14.2. The number of aliphatic hydroxyl groups is 1. The van der Waals surface area contributed by atoms with Crippen molar-refractivity contribution in [2.45, 2.75) is 45.7 Å². The molecule has 1 atom stereocenters. The zero-order valence-corrected chi connectivity index (χ0v) is 13.3. The predicted octanol–water partition coefficient (Wildman–Crippen LogP) is 2.92. The van der Waals surface area contributed by atoms with Crippen molar-refractivity contribution in [3.05, 3.63) is 29.6 Å². The highest BCUT2D eigenvalue weighted by molar-refractivity contribution is 5.55. The number of nitrogens with one attached hydrogen (secondary N) is 1. The quantitative estimate of drug-likeness (QED) is 0.876. The summed E-state index contributed by atoms with van der Waals surface area (Å²) in [6, 6.07) is 5.32. The Balaban J connectivity index is 2.14. The van der Waals surface area contributed by atoms with Crippen molar-refractivity contribution in [2.24, 2.45) is 5.92 Å². The number of aliphatic hydroxyl groups excluding tert-OH is 1. The third kappa shape index (κ3) is 4.42. The van der Waals surface area contributed by atoms with E-state index in [1.165, 1.54) is 6.07 Å². The summed E-state index contributed by atoms with van der Waals surface area (Å²) in [5, 5.41) is 12.4. The molecule has 0 radical (unpaired) electrons. The second-order valence-electron chi connectivity index (χ2n) is 6.95. The van der Waals surface area contributed by atoms with Gasteiger partial charge in [0.25, 0.3) is 0 Å². The summed E-state index contributed by atoms with van der Waals surface area (Å²) in [5.41, 5.74) is 1.70. The molecule has 4 heteroatoms. The van der Waals surface area contributed by atoms with Crippen LogP contribution in [0.5, 0.6) is 0 Å². The molecule has 0 aromatic heterocycles. The fourth-order valence-corrected chi connectivity index (χ4v) is 2.84. The molecule has 1 aliphatic heterocycles. The lowest BCUT2D eigenvalue weighted by molar-refractivity contribution is 0.263. The molecule has 1 saturated heterocycles. The van der Waals surface area contributed by atoms with Crippen LogP contribution in [0.25, 0.3) is 0 Å². The number of benzene rings is 1. The lowest BCUT2D eigenvalue weighted by Gasteiger charge is -2.26. The third-order valence-electron chi connectivity index (χ3n) is 4.05. The molecule has 1 aliphatic rings. The Morgan fingerprint density at radius 1 is 1.38 bits per heavy atom. The van der Waals surface area contributed by atoms with E-state index in [2.05, 4.69) is 31.0 Å². The van der Waals surface area contributed by atoms with Crippen molar-refractivity contribution in [2.75, 3.05) is 24.6 Å². The predicted molar refractivity (Wildman–Crippen MR) is 85.0 cm³/mol. The molecule has 2 rings (SSSR count). The molecule has 1 heterocycles. The molecule has 21 heavy (non-hydrogen) atoms. The minimum absolute atomic E-state index is 0.0377. The van der Waals surface area contributed by atoms with Crippen LogP contribution in [0.4, 0.5) is 10.1 Å². The highest BCUT2D eigenvalue weighted by atomic mass is 19.1. The highest BCUT2D eigenvalue weighted by Crippen LogP contribution is 2.30. The number of hydrogen-bond acceptors (Lipinski definition) is 3. The van der Waals surface area contributed by atoms with Gasteiger partial charge in [0, 0.05) is 43.0 Å². The van der Waals surface area contributed by atoms with E-state index in [9.17, 15) is 4.39 Å². The van der Waals surface area contributed by atoms with Crippen molar-refractivity contribution in [3.63, 3.8) is 0 Å². The largest absolute Gasteiger partial charge is 0.396 e. The van der Waals surface area contributed by atoms with Crippen molar-refractivity contribution in [1.29, 1.82) is 0 Å². The van der Waals surface area contributed by atoms with Gasteiger partial charge in [0.15, 0.2) is 0 Å². The van der Waals surface area contributed by atoms with Crippen molar-refractivity contribution in [1.82, 2.24) is 5.32 Å². The van der Waals surface area contributed by atoms with Crippen LogP contribution in [0, 0.1) is 11.7 Å². The molecular formula is C17H27FN2O. The molecule has 118 valence electrons. The van der Waals surface area contributed by atoms with Crippen LogP contribution in [0.2, 0.25) is 0 Å². The van der Waals surface area contributed by atoms with E-state index in [0.717, 1.165) is 37.2 Å². The molecule has 1 aromatic rings. The lowest BCUT2D eigenvalue weighted by atomic mass is 10.1. The summed E-state index contributed by atoms with van der Waals surface area (Å²) >= 11 is 0. The SMILES string of the molecule is CC(C)(C)NCc1c(F)cccc1N1CCC(CCO)C1. The smallest absolute Gasteiger partial charge is 0.129 e. The zero-order valence-electron chi connectivity index (χ0n) is 13.3. The maximum Gasteiger partial charge on any atom is 0.129 e. The lowest BCUT2D eigenvalue weighted by Crippen LogP contribution is -2.36. The van der Waals surface area contributed by atoms with Gasteiger partial charge < -0.3 is 15.3 Å². The van der Waals surface area contributed by atoms with E-state index < -0.39 is 0 Å². The number of hydrogen-bond donors (Lipinski definition) is 2. The van der Waals surface area contributed by atoms with Crippen LogP contribution in [0.1, 0.15) is 39.2 Å². The first-order chi connectivity index (χ1) is 9.90. The molecule has 0 spiro atoms. The highest BCUT2D eigenvalue weighted by Gasteiger charge is 2.25. The van der Waals surface area contributed by atoms with E-state index in [-0.39, 0.29) is 18.0 Å². The number of halogens is 1. The molecule has 0 saturated carbocycles. The van der Waals surface area contributed by atoms with E-state index in [1.54, 1.807) is 6.07 Å². The fourth-order valence-electron chi connectivity index (χ4n) is 2.84. The first-order valence-corrected chi connectivity index (χ1v) is 7.79. The second-order valence-corrected chi connectivity index (χ2v) is 6.95. The van der Waals surface area contributed by atoms with Crippen LogP contribution in [0.15, 0.2) is 18.2 Å². The number of rotatable bonds is 5. The number of anilines is 1. The molecule has 0 amide bonds. The Kier molecular flexibility index (Phi) is 5.22. The summed E-state index contributed by atoms with van der Waals surface area (Å²) < 4.78 is 14.2. The van der Waals surface area contributed by atoms with Crippen molar-refractivity contribution < 1.29 is 9.50 Å². The first-order valence-electron chi connectivity index (χ1n) is 7.79. The van der Waals surface area contributed by atoms with Crippen molar-refractivity contribution >= 4 is 5.69 Å². The van der Waals surface area contributed by atoms with Gasteiger partial charge in [-0.15, -0.1) is 0 Å². The van der Waals surface area contributed by atoms with Gasteiger partial charge in [0.1, 0.15) is 5.82 Å². The topological polar surface area (TPSA) is 35.5 Å². The van der Waals surface area contributed by atoms with Gasteiger partial charge in [-0.3, -0.25) is 0 Å². The van der Waals surface area contributed by atoms with Gasteiger partial charge in [-0.2, -0.15) is 0 Å². The molecule has 3 nitrogen and oxygen atoms in total. The average molecular weight is 294 g/mol. The van der Waals surface area contributed by atoms with E-state index in [4.69, 9.17) is 5.11 Å². The molecule has 2 N–H and O–H groups in total. The molecule has 1 unspecified atom stereocenters. The van der Waals surface area contributed by atoms with Crippen LogP contribution in [-0.2, 0) is 6.54 Å². The van der Waals surface area contributed by atoms with Gasteiger partial charge in [-0.1, -0.05) is 6.07 Å². The van der Waals surface area contributed by atoms with Crippen molar-refractivity contribution in [3.8, 4) is 0 Å². The molecular weight excluding hydrogens is 267 g/mol. The van der Waals surface area contributed by atoms with E-state index >= 15 is 0 Å². The molecule has 1 aromatic carbocycles. The minimum atomic E-state index is -0.144. The van der Waals surface area contributed by atoms with Gasteiger partial charge >= 0.3 is 0 Å². The summed E-state index contributed by atoms with van der Waals surface area (Å²) in [7, 11) is 0. The normalized spacial score (nSPS) is 19.3. The minimum Gasteiger partial charge on any atom is -0.396 e. The second kappa shape index (κ2) is 6.75. The van der Waals surface area contributed by atoms with E-state index in [1.807, 2.05) is 6.07 Å². The Bertz CT molecular complexity index is 470. The monoisotopic (exact) mass is 294 g/mol. The fraction of sp³-hybridized carbons (Fsp3) is 0.647. The summed E-state index contributed by atoms with van der Waals surface area (Å²) in [4.78, 5) is 2.25. The Hall–Kier alpha value is -1.13. The summed E-state index contributed by atoms with van der Waals surface area (Å²) in [5.74, 6) is 0.372. The van der Waals surface area contributed by atoms with Crippen LogP contribution < -0.4 is 10.2 Å². The maximum atomic E-state index is 14.2. The van der Waals surface area contributed by atoms with Gasteiger partial charge in [-0.25, -0.2) is 4.39 Å². The standard InChI is InChI=1S/C17H27FN2O/c1-17(2,3)19-11-14-15(18)5-4-6-16(14)20-9-7-13(12-20)8-10-21/h4-6,13,19,21H,7-12H2,1-3H3. The Morgan fingerprint density at radius 2 is 2.14 bits per heavy atom. The Morgan fingerprint density at radius 3 is 2.81 bits per heavy atom. The Labute approximate surface area is 127 Å². The third-order valence-corrected chi connectivity index (χ3v) is 4.05. The average Bonchev–Trinajstić information content (AvgIpc) is 2.85. The van der Waals surface area contributed by atoms with Gasteiger partial charge in [0.05, 0.1) is 0 Å². The van der Waals surface area contributed by atoms with Gasteiger partial charge in [0.2, 0.25) is 0 Å². The zero-order chi connectivity index (χ0) is 15.5. The van der Waals surface area contributed by atoms with Gasteiger partial charge in [-0.05, 0) is 51.7 Å². The van der Waals surface area contributed by atoms with Crippen LogP contribution >= 0.6 is 0 Å². The molecule has 0 aliphatic carbocycles. The van der Waals surface area contributed by atoms with Crippen LogP contribution in [-0.4, -0.2) is 30.3 Å². The van der Waals surface area contributed by atoms with E-state index in [0.29, 0.717) is 12.5 Å². The number of nitrogens with zero attached hydrogens (tertiary/aromatic N) is 1. The summed E-state index contributed by atoms with van der Waals surface area (Å²) in [6.45, 7) is 8.87. The molecule has 0 bridgehead atoms. The first kappa shape index (κ1) is 16.2.